The normalized spacial score (nSPS) is 20.9. The first kappa shape index (κ1) is 16.3. The van der Waals surface area contributed by atoms with E-state index in [-0.39, 0.29) is 11.0 Å². The Kier molecular flexibility index (Phi) is 3.89. The van der Waals surface area contributed by atoms with Gasteiger partial charge >= 0.3 is 13.3 Å². The molecule has 0 aliphatic carbocycles. The second-order valence-electron chi connectivity index (χ2n) is 6.16. The van der Waals surface area contributed by atoms with E-state index in [1.165, 1.54) is 12.1 Å². The highest BCUT2D eigenvalue weighted by atomic mass is 19.4. The Balaban J connectivity index is 2.39. The third-order valence-electron chi connectivity index (χ3n) is 4.14. The molecule has 7 heteroatoms. The first-order valence-electron chi connectivity index (χ1n) is 6.64. The smallest absolute Gasteiger partial charge is 0.399 e. The highest BCUT2D eigenvalue weighted by Crippen LogP contribution is 2.37. The van der Waals surface area contributed by atoms with Gasteiger partial charge in [0.15, 0.2) is 0 Å². The van der Waals surface area contributed by atoms with Crippen molar-refractivity contribution in [3.05, 3.63) is 29.3 Å². The predicted molar refractivity (Wildman–Crippen MR) is 73.1 cm³/mol. The number of hydrogen-bond acceptors (Lipinski definition) is 3. The number of hydrogen-bond donors (Lipinski definition) is 1. The topological polar surface area (TPSA) is 38.7 Å². The minimum Gasteiger partial charge on any atom is -0.399 e. The summed E-state index contributed by atoms with van der Waals surface area (Å²) in [6, 6.07) is 3.72. The molecule has 1 aliphatic heterocycles. The highest BCUT2D eigenvalue weighted by Gasteiger charge is 2.52. The molecule has 0 spiro atoms. The average molecular weight is 302 g/mol. The molecule has 0 saturated carbocycles. The zero-order valence-corrected chi connectivity index (χ0v) is 12.4. The number of rotatable bonds is 2. The van der Waals surface area contributed by atoms with E-state index in [1.54, 1.807) is 0 Å². The van der Waals surface area contributed by atoms with E-state index in [2.05, 4.69) is 0 Å². The average Bonchev–Trinajstić information content (AvgIpc) is 2.56. The summed E-state index contributed by atoms with van der Waals surface area (Å²) in [6.45, 7) is 6.66. The molecule has 0 aromatic heterocycles. The lowest BCUT2D eigenvalue weighted by atomic mass is 9.77. The minimum atomic E-state index is -4.53. The van der Waals surface area contributed by atoms with Crippen LogP contribution >= 0.6 is 0 Å². The fourth-order valence-corrected chi connectivity index (χ4v) is 2.12. The van der Waals surface area contributed by atoms with Gasteiger partial charge in [-0.3, -0.25) is 0 Å². The van der Waals surface area contributed by atoms with Crippen LogP contribution in [0.1, 0.15) is 38.8 Å². The molecule has 0 amide bonds. The lowest BCUT2D eigenvalue weighted by molar-refractivity contribution is -0.138. The van der Waals surface area contributed by atoms with Crippen molar-refractivity contribution >= 4 is 12.6 Å². The van der Waals surface area contributed by atoms with Crippen LogP contribution in [0.5, 0.6) is 0 Å². The van der Waals surface area contributed by atoms with Gasteiger partial charge in [-0.05, 0) is 44.8 Å². The third kappa shape index (κ3) is 2.95. The van der Waals surface area contributed by atoms with Crippen molar-refractivity contribution in [2.75, 3.05) is 0 Å². The van der Waals surface area contributed by atoms with Crippen LogP contribution < -0.4 is 5.46 Å². The molecule has 1 heterocycles. The largest absolute Gasteiger partial charge is 0.494 e. The van der Waals surface area contributed by atoms with Crippen LogP contribution in [0.25, 0.3) is 0 Å². The molecule has 0 bridgehead atoms. The highest BCUT2D eigenvalue weighted by molar-refractivity contribution is 6.62. The van der Waals surface area contributed by atoms with Gasteiger partial charge in [-0.25, -0.2) is 0 Å². The Bertz CT molecular complexity index is 525. The minimum absolute atomic E-state index is 0.164. The van der Waals surface area contributed by atoms with Crippen molar-refractivity contribution in [2.45, 2.75) is 51.7 Å². The van der Waals surface area contributed by atoms with Crippen LogP contribution in [0.3, 0.4) is 0 Å². The molecule has 2 rings (SSSR count). The Morgan fingerprint density at radius 2 is 1.62 bits per heavy atom. The van der Waals surface area contributed by atoms with Crippen LogP contribution in [0.15, 0.2) is 18.2 Å². The molecule has 1 saturated heterocycles. The summed E-state index contributed by atoms with van der Waals surface area (Å²) in [5, 5.41) is 9.04. The lowest BCUT2D eigenvalue weighted by Crippen LogP contribution is -2.41. The molecule has 0 radical (unpaired) electrons. The number of halogens is 3. The van der Waals surface area contributed by atoms with Gasteiger partial charge in [0.2, 0.25) is 0 Å². The summed E-state index contributed by atoms with van der Waals surface area (Å²) in [5.41, 5.74) is -1.98. The van der Waals surface area contributed by atoms with Gasteiger partial charge < -0.3 is 14.4 Å². The first-order chi connectivity index (χ1) is 9.48. The summed E-state index contributed by atoms with van der Waals surface area (Å²) in [6.07, 6.45) is -4.53. The van der Waals surface area contributed by atoms with Crippen molar-refractivity contribution in [1.82, 2.24) is 0 Å². The Morgan fingerprint density at radius 3 is 2.05 bits per heavy atom. The van der Waals surface area contributed by atoms with E-state index in [0.29, 0.717) is 0 Å². The van der Waals surface area contributed by atoms with E-state index in [9.17, 15) is 13.2 Å². The van der Waals surface area contributed by atoms with Crippen molar-refractivity contribution < 1.29 is 27.6 Å². The van der Waals surface area contributed by atoms with E-state index < -0.39 is 36.7 Å². The number of benzene rings is 1. The maximum absolute atomic E-state index is 13.0. The Hall–Kier alpha value is -1.05. The number of aliphatic hydroxyl groups is 1. The van der Waals surface area contributed by atoms with Crippen LogP contribution in [0, 0.1) is 0 Å². The number of alkyl halides is 3. The SMILES string of the molecule is CC1(C)OB(c2ccc(CO)c(C(F)(F)F)c2)OC1(C)C. The molecule has 0 unspecified atom stereocenters. The molecule has 1 aromatic carbocycles. The van der Waals surface area contributed by atoms with Crippen molar-refractivity contribution in [1.29, 1.82) is 0 Å². The maximum Gasteiger partial charge on any atom is 0.494 e. The summed E-state index contributed by atoms with van der Waals surface area (Å²) >= 11 is 0. The van der Waals surface area contributed by atoms with E-state index >= 15 is 0 Å². The molecule has 3 nitrogen and oxygen atoms in total. The monoisotopic (exact) mass is 302 g/mol. The van der Waals surface area contributed by atoms with Gasteiger partial charge in [0.05, 0.1) is 23.4 Å². The predicted octanol–water partition coefficient (Wildman–Crippen LogP) is 2.50. The quantitative estimate of drug-likeness (QED) is 0.853. The van der Waals surface area contributed by atoms with Crippen LogP contribution in [-0.2, 0) is 22.1 Å². The van der Waals surface area contributed by atoms with Crippen molar-refractivity contribution in [3.8, 4) is 0 Å². The van der Waals surface area contributed by atoms with Gasteiger partial charge in [0.25, 0.3) is 0 Å². The van der Waals surface area contributed by atoms with E-state index in [4.69, 9.17) is 14.4 Å². The molecule has 1 N–H and O–H groups in total. The van der Waals surface area contributed by atoms with Crippen LogP contribution in [0.4, 0.5) is 13.2 Å². The Labute approximate surface area is 122 Å². The standard InChI is InChI=1S/C14H18BF3O3/c1-12(2)13(3,4)21-15(20-12)10-6-5-9(8-19)11(7-10)14(16,17)18/h5-7,19H,8H2,1-4H3. The maximum atomic E-state index is 13.0. The van der Waals surface area contributed by atoms with Crippen LogP contribution in [-0.4, -0.2) is 23.4 Å². The van der Waals surface area contributed by atoms with Gasteiger partial charge in [0, 0.05) is 0 Å². The lowest BCUT2D eigenvalue weighted by Gasteiger charge is -2.32. The summed E-state index contributed by atoms with van der Waals surface area (Å²) in [7, 11) is -0.858. The second-order valence-corrected chi connectivity index (χ2v) is 6.16. The Morgan fingerprint density at radius 1 is 1.10 bits per heavy atom. The number of aliphatic hydroxyl groups excluding tert-OH is 1. The molecule has 116 valence electrons. The third-order valence-corrected chi connectivity index (χ3v) is 4.14. The van der Waals surface area contributed by atoms with E-state index in [1.807, 2.05) is 27.7 Å². The van der Waals surface area contributed by atoms with Gasteiger partial charge in [-0.15, -0.1) is 0 Å². The molecule has 0 atom stereocenters. The molecule has 1 aliphatic rings. The second kappa shape index (κ2) is 5.00. The zero-order valence-electron chi connectivity index (χ0n) is 12.4. The molecule has 1 fully saturated rings. The fraction of sp³-hybridized carbons (Fsp3) is 0.571. The zero-order chi connectivity index (χ0) is 16.1. The molecular formula is C14H18BF3O3. The van der Waals surface area contributed by atoms with Crippen LogP contribution in [0.2, 0.25) is 0 Å². The van der Waals surface area contributed by atoms with E-state index in [0.717, 1.165) is 6.07 Å². The van der Waals surface area contributed by atoms with Crippen molar-refractivity contribution in [2.24, 2.45) is 0 Å². The van der Waals surface area contributed by atoms with Gasteiger partial charge in [-0.2, -0.15) is 13.2 Å². The molecule has 21 heavy (non-hydrogen) atoms. The fourth-order valence-electron chi connectivity index (χ4n) is 2.12. The summed E-state index contributed by atoms with van der Waals surface area (Å²) in [4.78, 5) is 0. The van der Waals surface area contributed by atoms with Crippen molar-refractivity contribution in [3.63, 3.8) is 0 Å². The summed E-state index contributed by atoms with van der Waals surface area (Å²) in [5.74, 6) is 0. The van der Waals surface area contributed by atoms with Gasteiger partial charge in [-0.1, -0.05) is 12.1 Å². The van der Waals surface area contributed by atoms with Gasteiger partial charge in [0.1, 0.15) is 0 Å². The first-order valence-corrected chi connectivity index (χ1v) is 6.64. The molecule has 1 aromatic rings. The summed E-state index contributed by atoms with van der Waals surface area (Å²) < 4.78 is 50.5. The molecular weight excluding hydrogens is 284 g/mol.